The molecule has 1 rings (SSSR count). The Morgan fingerprint density at radius 1 is 1.32 bits per heavy atom. The summed E-state index contributed by atoms with van der Waals surface area (Å²) >= 11 is 1.77. The van der Waals surface area contributed by atoms with Gasteiger partial charge in [0.1, 0.15) is 0 Å². The molecule has 2 nitrogen and oxygen atoms in total. The zero-order valence-corrected chi connectivity index (χ0v) is 13.8. The van der Waals surface area contributed by atoms with Crippen LogP contribution in [0.25, 0.3) is 0 Å². The van der Waals surface area contributed by atoms with Crippen LogP contribution in [-0.2, 0) is 11.2 Å². The van der Waals surface area contributed by atoms with Gasteiger partial charge in [-0.15, -0.1) is 0 Å². The summed E-state index contributed by atoms with van der Waals surface area (Å²) in [5, 5.41) is 8.07. The molecule has 0 radical (unpaired) electrons. The van der Waals surface area contributed by atoms with Crippen molar-refractivity contribution in [2.75, 3.05) is 13.2 Å². The van der Waals surface area contributed by atoms with E-state index in [9.17, 15) is 0 Å². The fourth-order valence-electron chi connectivity index (χ4n) is 2.43. The lowest BCUT2D eigenvalue weighted by molar-refractivity contribution is -0.0355. The van der Waals surface area contributed by atoms with Gasteiger partial charge in [0, 0.05) is 12.6 Å². The zero-order chi connectivity index (χ0) is 14.3. The van der Waals surface area contributed by atoms with E-state index in [1.165, 1.54) is 5.56 Å². The first kappa shape index (κ1) is 16.7. The van der Waals surface area contributed by atoms with Crippen molar-refractivity contribution in [1.29, 1.82) is 0 Å². The van der Waals surface area contributed by atoms with Crippen molar-refractivity contribution in [3.8, 4) is 0 Å². The monoisotopic (exact) mass is 283 g/mol. The second kappa shape index (κ2) is 8.03. The number of hydrogen-bond donors (Lipinski definition) is 1. The molecule has 19 heavy (non-hydrogen) atoms. The molecule has 2 unspecified atom stereocenters. The Bertz CT molecular complexity index is 329. The number of ether oxygens (including phenoxy) is 1. The summed E-state index contributed by atoms with van der Waals surface area (Å²) in [5.41, 5.74) is 1.56. The zero-order valence-electron chi connectivity index (χ0n) is 13.0. The number of hydrogen-bond acceptors (Lipinski definition) is 3. The highest BCUT2D eigenvalue weighted by Crippen LogP contribution is 2.27. The summed E-state index contributed by atoms with van der Waals surface area (Å²) in [7, 11) is 0. The highest BCUT2D eigenvalue weighted by Gasteiger charge is 2.32. The Balaban J connectivity index is 2.79. The molecule has 2 atom stereocenters. The molecule has 110 valence electrons. The van der Waals surface area contributed by atoms with Gasteiger partial charge in [-0.2, -0.15) is 11.3 Å². The normalized spacial score (nSPS) is 15.4. The van der Waals surface area contributed by atoms with Gasteiger partial charge in [-0.05, 0) is 54.1 Å². The summed E-state index contributed by atoms with van der Waals surface area (Å²) in [4.78, 5) is 0. The van der Waals surface area contributed by atoms with E-state index >= 15 is 0 Å². The average molecular weight is 283 g/mol. The lowest BCUT2D eigenvalue weighted by Crippen LogP contribution is -2.49. The Kier molecular flexibility index (Phi) is 7.05. The summed E-state index contributed by atoms with van der Waals surface area (Å²) in [6, 6.07) is 2.60. The van der Waals surface area contributed by atoms with E-state index < -0.39 is 0 Å². The first-order valence-corrected chi connectivity index (χ1v) is 8.29. The minimum absolute atomic E-state index is 0.150. The topological polar surface area (TPSA) is 21.3 Å². The molecule has 0 saturated carbocycles. The molecule has 0 bridgehead atoms. The maximum Gasteiger partial charge on any atom is 0.0779 e. The molecular weight excluding hydrogens is 254 g/mol. The molecule has 1 N–H and O–H groups in total. The van der Waals surface area contributed by atoms with Crippen LogP contribution in [0.1, 0.15) is 46.6 Å². The Hall–Kier alpha value is -0.380. The summed E-state index contributed by atoms with van der Waals surface area (Å²) in [5.74, 6) is 0. The lowest BCUT2D eigenvalue weighted by Gasteiger charge is -2.37. The minimum atomic E-state index is 0.150. The quantitative estimate of drug-likeness (QED) is 0.775. The molecule has 0 spiro atoms. The van der Waals surface area contributed by atoms with E-state index in [0.29, 0.717) is 6.04 Å². The fraction of sp³-hybridized carbons (Fsp3) is 0.750. The third-order valence-electron chi connectivity index (χ3n) is 3.26. The lowest BCUT2D eigenvalue weighted by atomic mass is 9.82. The van der Waals surface area contributed by atoms with Gasteiger partial charge in [0.25, 0.3) is 0 Å². The van der Waals surface area contributed by atoms with Crippen LogP contribution in [0.15, 0.2) is 16.8 Å². The Morgan fingerprint density at radius 3 is 2.53 bits per heavy atom. The molecule has 0 aliphatic rings. The summed E-state index contributed by atoms with van der Waals surface area (Å²) in [6.45, 7) is 12.9. The van der Waals surface area contributed by atoms with Crippen molar-refractivity contribution in [3.05, 3.63) is 22.4 Å². The second-order valence-corrected chi connectivity index (χ2v) is 6.92. The van der Waals surface area contributed by atoms with Crippen LogP contribution in [0.2, 0.25) is 0 Å². The molecule has 1 aromatic rings. The molecule has 0 aliphatic heterocycles. The van der Waals surface area contributed by atoms with Crippen molar-refractivity contribution in [1.82, 2.24) is 5.32 Å². The van der Waals surface area contributed by atoms with E-state index in [-0.39, 0.29) is 11.5 Å². The van der Waals surface area contributed by atoms with E-state index in [1.807, 2.05) is 0 Å². The molecule has 0 aromatic carbocycles. The first-order chi connectivity index (χ1) is 8.99. The first-order valence-electron chi connectivity index (χ1n) is 7.35. The van der Waals surface area contributed by atoms with Crippen molar-refractivity contribution in [3.63, 3.8) is 0 Å². The van der Waals surface area contributed by atoms with E-state index in [0.717, 1.165) is 26.0 Å². The number of thiophene rings is 1. The van der Waals surface area contributed by atoms with Gasteiger partial charge < -0.3 is 10.1 Å². The largest absolute Gasteiger partial charge is 0.376 e. The van der Waals surface area contributed by atoms with Gasteiger partial charge in [-0.25, -0.2) is 0 Å². The van der Waals surface area contributed by atoms with Crippen molar-refractivity contribution >= 4 is 11.3 Å². The van der Waals surface area contributed by atoms with E-state index in [4.69, 9.17) is 4.74 Å². The fourth-order valence-corrected chi connectivity index (χ4v) is 3.11. The van der Waals surface area contributed by atoms with E-state index in [2.05, 4.69) is 56.8 Å². The van der Waals surface area contributed by atoms with Gasteiger partial charge in [-0.1, -0.05) is 27.7 Å². The average Bonchev–Trinajstić information content (AvgIpc) is 2.83. The molecule has 1 aromatic heterocycles. The Morgan fingerprint density at radius 2 is 2.05 bits per heavy atom. The van der Waals surface area contributed by atoms with Gasteiger partial charge in [0.15, 0.2) is 0 Å². The number of rotatable bonds is 8. The maximum absolute atomic E-state index is 6.06. The predicted molar refractivity (Wildman–Crippen MR) is 85.0 cm³/mol. The van der Waals surface area contributed by atoms with Crippen molar-refractivity contribution in [2.24, 2.45) is 5.41 Å². The van der Waals surface area contributed by atoms with Crippen LogP contribution < -0.4 is 5.32 Å². The third-order valence-corrected chi connectivity index (χ3v) is 3.99. The smallest absolute Gasteiger partial charge is 0.0779 e. The molecular formula is C16H29NOS. The number of nitrogens with one attached hydrogen (secondary N) is 1. The van der Waals surface area contributed by atoms with Crippen LogP contribution >= 0.6 is 11.3 Å². The second-order valence-electron chi connectivity index (χ2n) is 6.14. The predicted octanol–water partition coefficient (Wildman–Crippen LogP) is 4.11. The Labute approximate surface area is 122 Å². The summed E-state index contributed by atoms with van der Waals surface area (Å²) < 4.78 is 6.06. The molecule has 0 amide bonds. The highest BCUT2D eigenvalue weighted by atomic mass is 32.1. The van der Waals surface area contributed by atoms with Gasteiger partial charge in [-0.3, -0.25) is 0 Å². The van der Waals surface area contributed by atoms with Crippen LogP contribution in [-0.4, -0.2) is 25.3 Å². The standard InChI is InChI=1S/C16H29NOS/c1-6-9-17-14(11-13-8-10-19-12-13)15(18-7-2)16(3,4)5/h8,10,12,14-15,17H,6-7,9,11H2,1-5H3. The molecule has 1 heterocycles. The molecule has 0 aliphatic carbocycles. The van der Waals surface area contributed by atoms with Crippen molar-refractivity contribution in [2.45, 2.75) is 59.6 Å². The maximum atomic E-state index is 6.06. The third kappa shape index (κ3) is 5.64. The van der Waals surface area contributed by atoms with Crippen molar-refractivity contribution < 1.29 is 4.74 Å². The summed E-state index contributed by atoms with van der Waals surface area (Å²) in [6.07, 6.45) is 2.44. The molecule has 3 heteroatoms. The van der Waals surface area contributed by atoms with Crippen LogP contribution in [0.3, 0.4) is 0 Å². The SMILES string of the molecule is CCCNC(Cc1ccsc1)C(OCC)C(C)(C)C. The van der Waals surface area contributed by atoms with Crippen LogP contribution in [0.4, 0.5) is 0 Å². The van der Waals surface area contributed by atoms with E-state index in [1.54, 1.807) is 11.3 Å². The molecule has 0 saturated heterocycles. The van der Waals surface area contributed by atoms with Crippen LogP contribution in [0, 0.1) is 5.41 Å². The van der Waals surface area contributed by atoms with Gasteiger partial charge in [0.2, 0.25) is 0 Å². The van der Waals surface area contributed by atoms with Gasteiger partial charge in [0.05, 0.1) is 6.10 Å². The minimum Gasteiger partial charge on any atom is -0.376 e. The highest BCUT2D eigenvalue weighted by molar-refractivity contribution is 7.07. The van der Waals surface area contributed by atoms with Gasteiger partial charge >= 0.3 is 0 Å². The molecule has 0 fully saturated rings. The van der Waals surface area contributed by atoms with Crippen LogP contribution in [0.5, 0.6) is 0 Å².